The normalized spacial score (nSPS) is 10.3. The van der Waals surface area contributed by atoms with Crippen LogP contribution in [-0.4, -0.2) is 9.91 Å². The molecule has 20 heavy (non-hydrogen) atoms. The molecule has 104 valence electrons. The number of aromatic nitrogens is 1. The van der Waals surface area contributed by atoms with Gasteiger partial charge < -0.3 is 4.74 Å². The topological polar surface area (TPSA) is 65.3 Å². The summed E-state index contributed by atoms with van der Waals surface area (Å²) in [5.41, 5.74) is 1.77. The van der Waals surface area contributed by atoms with Crippen molar-refractivity contribution in [2.24, 2.45) is 0 Å². The average Bonchev–Trinajstić information content (AvgIpc) is 2.39. The number of nitrogens with zero attached hydrogens (tertiary/aromatic N) is 2. The maximum absolute atomic E-state index is 11.1. The average molecular weight is 337 g/mol. The van der Waals surface area contributed by atoms with Crippen LogP contribution >= 0.6 is 15.9 Å². The van der Waals surface area contributed by atoms with Gasteiger partial charge in [-0.25, -0.2) is 0 Å². The third-order valence-corrected chi connectivity index (χ3v) is 3.61. The molecule has 1 heterocycles. The zero-order chi connectivity index (χ0) is 14.7. The first-order valence-corrected chi connectivity index (χ1v) is 6.76. The number of halogens is 1. The van der Waals surface area contributed by atoms with Crippen LogP contribution in [0.25, 0.3) is 0 Å². The molecule has 0 N–H and O–H groups in total. The fourth-order valence-electron chi connectivity index (χ4n) is 1.90. The molecule has 0 aliphatic heterocycles. The van der Waals surface area contributed by atoms with Gasteiger partial charge in [-0.15, -0.1) is 0 Å². The predicted molar refractivity (Wildman–Crippen MR) is 78.8 cm³/mol. The van der Waals surface area contributed by atoms with Gasteiger partial charge in [0.25, 0.3) is 5.69 Å². The van der Waals surface area contributed by atoms with Crippen LogP contribution in [0.4, 0.5) is 5.69 Å². The lowest BCUT2D eigenvalue weighted by molar-refractivity contribution is -0.386. The Kier molecular flexibility index (Phi) is 4.34. The maximum Gasteiger partial charge on any atom is 0.278 e. The van der Waals surface area contributed by atoms with E-state index < -0.39 is 0 Å². The summed E-state index contributed by atoms with van der Waals surface area (Å²) in [7, 11) is 0. The Labute approximate surface area is 124 Å². The van der Waals surface area contributed by atoms with Crippen molar-refractivity contribution >= 4 is 21.6 Å². The van der Waals surface area contributed by atoms with Crippen molar-refractivity contribution in [3.63, 3.8) is 0 Å². The number of rotatable bonds is 4. The molecule has 2 aromatic rings. The fraction of sp³-hybridized carbons (Fsp3) is 0.214. The second-order valence-electron chi connectivity index (χ2n) is 4.34. The molecule has 5 nitrogen and oxygen atoms in total. The molecule has 0 radical (unpaired) electrons. The summed E-state index contributed by atoms with van der Waals surface area (Å²) in [6, 6.07) is 7.43. The molecule has 0 atom stereocenters. The lowest BCUT2D eigenvalue weighted by Gasteiger charge is -2.10. The molecule has 2 rings (SSSR count). The van der Waals surface area contributed by atoms with E-state index in [1.807, 2.05) is 24.3 Å². The van der Waals surface area contributed by atoms with Crippen molar-refractivity contribution in [3.8, 4) is 5.75 Å². The van der Waals surface area contributed by atoms with Gasteiger partial charge in [0.05, 0.1) is 20.7 Å². The van der Waals surface area contributed by atoms with E-state index in [1.54, 1.807) is 13.8 Å². The van der Waals surface area contributed by atoms with E-state index in [2.05, 4.69) is 20.9 Å². The molecule has 1 aromatic carbocycles. The molecule has 0 amide bonds. The number of pyridine rings is 1. The van der Waals surface area contributed by atoms with Gasteiger partial charge in [0.1, 0.15) is 12.4 Å². The molecular formula is C14H13BrN2O3. The minimum Gasteiger partial charge on any atom is -0.486 e. The van der Waals surface area contributed by atoms with Gasteiger partial charge in [-0.2, -0.15) is 0 Å². The highest BCUT2D eigenvalue weighted by molar-refractivity contribution is 9.10. The van der Waals surface area contributed by atoms with Crippen LogP contribution in [0.3, 0.4) is 0 Å². The Morgan fingerprint density at radius 1 is 1.35 bits per heavy atom. The summed E-state index contributed by atoms with van der Waals surface area (Å²) in [6.07, 6.45) is 1.50. The molecule has 0 spiro atoms. The largest absolute Gasteiger partial charge is 0.486 e. The molecule has 0 unspecified atom stereocenters. The first kappa shape index (κ1) is 14.5. The third kappa shape index (κ3) is 2.96. The van der Waals surface area contributed by atoms with Crippen molar-refractivity contribution in [1.29, 1.82) is 0 Å². The van der Waals surface area contributed by atoms with Crippen LogP contribution in [0.5, 0.6) is 5.75 Å². The van der Waals surface area contributed by atoms with E-state index in [0.717, 1.165) is 4.47 Å². The van der Waals surface area contributed by atoms with Crippen molar-refractivity contribution in [1.82, 2.24) is 4.98 Å². The monoisotopic (exact) mass is 336 g/mol. The Balaban J connectivity index is 2.25. The highest BCUT2D eigenvalue weighted by Gasteiger charge is 2.19. The summed E-state index contributed by atoms with van der Waals surface area (Å²) in [5.74, 6) is 0.678. The number of para-hydroxylation sites is 1. The number of hydrogen-bond donors (Lipinski definition) is 0. The van der Waals surface area contributed by atoms with Crippen molar-refractivity contribution in [2.45, 2.75) is 20.5 Å². The Morgan fingerprint density at radius 2 is 2.05 bits per heavy atom. The predicted octanol–water partition coefficient (Wildman–Crippen LogP) is 3.95. The van der Waals surface area contributed by atoms with Gasteiger partial charge in [-0.1, -0.05) is 12.1 Å². The number of nitro groups is 1. The summed E-state index contributed by atoms with van der Waals surface area (Å²) in [5, 5.41) is 11.1. The lowest BCUT2D eigenvalue weighted by Crippen LogP contribution is -2.05. The first-order valence-electron chi connectivity index (χ1n) is 5.97. The maximum atomic E-state index is 11.1. The van der Waals surface area contributed by atoms with E-state index in [1.165, 1.54) is 6.20 Å². The number of ether oxygens (including phenoxy) is 1. The van der Waals surface area contributed by atoms with Crippen LogP contribution in [0.2, 0.25) is 0 Å². The summed E-state index contributed by atoms with van der Waals surface area (Å²) < 4.78 is 6.48. The zero-order valence-corrected chi connectivity index (χ0v) is 12.7. The summed E-state index contributed by atoms with van der Waals surface area (Å²) >= 11 is 3.38. The minimum absolute atomic E-state index is 0.103. The number of benzene rings is 1. The van der Waals surface area contributed by atoms with Crippen LogP contribution in [-0.2, 0) is 6.61 Å². The van der Waals surface area contributed by atoms with E-state index in [-0.39, 0.29) is 17.2 Å². The van der Waals surface area contributed by atoms with E-state index in [9.17, 15) is 10.1 Å². The van der Waals surface area contributed by atoms with Crippen LogP contribution in [0.15, 0.2) is 34.9 Å². The van der Waals surface area contributed by atoms with Crippen molar-refractivity contribution in [3.05, 3.63) is 61.9 Å². The van der Waals surface area contributed by atoms with Gasteiger partial charge in [-0.3, -0.25) is 15.1 Å². The zero-order valence-electron chi connectivity index (χ0n) is 11.1. The molecule has 0 saturated carbocycles. The Morgan fingerprint density at radius 3 is 2.70 bits per heavy atom. The number of aryl methyl sites for hydroxylation is 1. The standard InChI is InChI=1S/C14H13BrN2O3/c1-9-7-16-12(10(2)14(9)17(18)19)8-20-13-6-4-3-5-11(13)15/h3-7H,8H2,1-2H3. The summed E-state index contributed by atoms with van der Waals surface area (Å²) in [4.78, 5) is 14.9. The first-order chi connectivity index (χ1) is 9.50. The SMILES string of the molecule is Cc1cnc(COc2ccccc2Br)c(C)c1[N+](=O)[O-]. The van der Waals surface area contributed by atoms with Crippen LogP contribution in [0.1, 0.15) is 16.8 Å². The van der Waals surface area contributed by atoms with Gasteiger partial charge in [0.15, 0.2) is 0 Å². The Hall–Kier alpha value is -1.95. The smallest absolute Gasteiger partial charge is 0.278 e. The fourth-order valence-corrected chi connectivity index (χ4v) is 2.30. The van der Waals surface area contributed by atoms with Crippen LogP contribution < -0.4 is 4.74 Å². The molecule has 0 bridgehead atoms. The molecule has 0 aliphatic rings. The van der Waals surface area contributed by atoms with Crippen molar-refractivity contribution in [2.75, 3.05) is 0 Å². The summed E-state index contributed by atoms with van der Waals surface area (Å²) in [6.45, 7) is 3.56. The molecule has 0 aliphatic carbocycles. The van der Waals surface area contributed by atoms with Gasteiger partial charge in [0, 0.05) is 11.8 Å². The van der Waals surface area contributed by atoms with Gasteiger partial charge in [-0.05, 0) is 41.9 Å². The highest BCUT2D eigenvalue weighted by atomic mass is 79.9. The molecular weight excluding hydrogens is 324 g/mol. The van der Waals surface area contributed by atoms with Gasteiger partial charge in [0.2, 0.25) is 0 Å². The molecule has 0 saturated heterocycles. The quantitative estimate of drug-likeness (QED) is 0.626. The molecule has 1 aromatic heterocycles. The van der Waals surface area contributed by atoms with E-state index in [4.69, 9.17) is 4.74 Å². The van der Waals surface area contributed by atoms with Crippen LogP contribution in [0, 0.1) is 24.0 Å². The lowest BCUT2D eigenvalue weighted by atomic mass is 10.1. The second-order valence-corrected chi connectivity index (χ2v) is 5.19. The minimum atomic E-state index is -0.381. The Bertz CT molecular complexity index is 659. The van der Waals surface area contributed by atoms with E-state index in [0.29, 0.717) is 22.6 Å². The highest BCUT2D eigenvalue weighted by Crippen LogP contribution is 2.27. The number of hydrogen-bond acceptors (Lipinski definition) is 4. The van der Waals surface area contributed by atoms with Gasteiger partial charge >= 0.3 is 0 Å². The molecule has 0 fully saturated rings. The third-order valence-electron chi connectivity index (χ3n) is 2.96. The van der Waals surface area contributed by atoms with Crippen molar-refractivity contribution < 1.29 is 9.66 Å². The second kappa shape index (κ2) is 6.00. The van der Waals surface area contributed by atoms with E-state index >= 15 is 0 Å². The molecule has 6 heteroatoms.